The van der Waals surface area contributed by atoms with E-state index in [1.54, 1.807) is 0 Å². The van der Waals surface area contributed by atoms with Gasteiger partial charge in [0.15, 0.2) is 0 Å². The van der Waals surface area contributed by atoms with E-state index in [9.17, 15) is 14.7 Å². The van der Waals surface area contributed by atoms with Crippen molar-refractivity contribution >= 4 is 11.9 Å². The number of esters is 2. The fourth-order valence-electron chi connectivity index (χ4n) is 3.68. The van der Waals surface area contributed by atoms with E-state index in [2.05, 4.69) is 6.58 Å². The van der Waals surface area contributed by atoms with E-state index >= 15 is 0 Å². The van der Waals surface area contributed by atoms with Crippen LogP contribution in [0, 0.1) is 17.8 Å². The van der Waals surface area contributed by atoms with Gasteiger partial charge in [0.1, 0.15) is 5.60 Å². The molecule has 3 rings (SSSR count). The molecule has 0 aromatic carbocycles. The fourth-order valence-corrected chi connectivity index (χ4v) is 3.68. The summed E-state index contributed by atoms with van der Waals surface area (Å²) < 4.78 is 10.4. The number of fused-ring (bicyclic) bond motifs is 5. The normalized spacial score (nSPS) is 46.5. The van der Waals surface area contributed by atoms with Crippen molar-refractivity contribution in [2.24, 2.45) is 17.8 Å². The smallest absolute Gasteiger partial charge is 0.330 e. The van der Waals surface area contributed by atoms with Crippen molar-refractivity contribution in [3.05, 3.63) is 12.7 Å². The van der Waals surface area contributed by atoms with Crippen LogP contribution in [0.2, 0.25) is 0 Å². The highest BCUT2D eigenvalue weighted by molar-refractivity contribution is 5.82. The Balaban J connectivity index is 1.92. The van der Waals surface area contributed by atoms with Crippen LogP contribution in [0.25, 0.3) is 0 Å². The summed E-state index contributed by atoms with van der Waals surface area (Å²) in [6, 6.07) is 0. The molecule has 5 heteroatoms. The van der Waals surface area contributed by atoms with Crippen LogP contribution in [0.3, 0.4) is 0 Å². The van der Waals surface area contributed by atoms with Gasteiger partial charge in [-0.3, -0.25) is 4.79 Å². The number of aliphatic hydroxyl groups excluding tert-OH is 1. The van der Waals surface area contributed by atoms with Crippen LogP contribution in [0.1, 0.15) is 12.8 Å². The summed E-state index contributed by atoms with van der Waals surface area (Å²) in [6.07, 6.45) is 1.48. The number of rotatable bonds is 2. The molecule has 0 aromatic rings. The molecule has 5 unspecified atom stereocenters. The Morgan fingerprint density at radius 3 is 3.06 bits per heavy atom. The summed E-state index contributed by atoms with van der Waals surface area (Å²) in [5, 5.41) is 9.91. The molecule has 92 valence electrons. The van der Waals surface area contributed by atoms with Gasteiger partial charge in [-0.25, -0.2) is 4.79 Å². The van der Waals surface area contributed by atoms with Gasteiger partial charge < -0.3 is 14.6 Å². The Kier molecular flexibility index (Phi) is 2.10. The third-order valence-corrected chi connectivity index (χ3v) is 4.35. The standard InChI is InChI=1S/C12H14O5/c1-2-9(14)17-12-3-6(8(13)4-12)10-7(12)5-16-11(10)15/h2,6-8,10,13H,1,3-5H2. The number of carbonyl (C=O) groups is 2. The molecule has 0 radical (unpaired) electrons. The minimum atomic E-state index is -0.730. The lowest BCUT2D eigenvalue weighted by Gasteiger charge is -2.34. The highest BCUT2D eigenvalue weighted by atomic mass is 16.6. The number of cyclic esters (lactones) is 1. The van der Waals surface area contributed by atoms with Gasteiger partial charge in [0, 0.05) is 24.3 Å². The van der Waals surface area contributed by atoms with Crippen LogP contribution >= 0.6 is 0 Å². The molecule has 1 saturated heterocycles. The van der Waals surface area contributed by atoms with Crippen LogP contribution in [-0.4, -0.2) is 35.4 Å². The van der Waals surface area contributed by atoms with Crippen molar-refractivity contribution in [1.82, 2.24) is 0 Å². The van der Waals surface area contributed by atoms with E-state index < -0.39 is 17.7 Å². The molecule has 1 N–H and O–H groups in total. The number of carbonyl (C=O) groups excluding carboxylic acids is 2. The number of aliphatic hydroxyl groups is 1. The second-order valence-electron chi connectivity index (χ2n) is 5.09. The van der Waals surface area contributed by atoms with E-state index in [1.807, 2.05) is 0 Å². The number of hydrogen-bond acceptors (Lipinski definition) is 5. The number of ether oxygens (including phenoxy) is 2. The predicted octanol–water partition coefficient (Wildman–Crippen LogP) is 0.0281. The molecule has 2 aliphatic carbocycles. The molecular weight excluding hydrogens is 224 g/mol. The molecule has 5 nitrogen and oxygen atoms in total. The molecular formula is C12H14O5. The van der Waals surface area contributed by atoms with Crippen molar-refractivity contribution in [3.8, 4) is 0 Å². The Hall–Kier alpha value is -1.36. The van der Waals surface area contributed by atoms with Crippen molar-refractivity contribution in [1.29, 1.82) is 0 Å². The molecule has 3 aliphatic rings. The van der Waals surface area contributed by atoms with Gasteiger partial charge in [0.05, 0.1) is 18.6 Å². The second-order valence-corrected chi connectivity index (χ2v) is 5.09. The predicted molar refractivity (Wildman–Crippen MR) is 55.7 cm³/mol. The minimum absolute atomic E-state index is 0.104. The van der Waals surface area contributed by atoms with Crippen molar-refractivity contribution in [2.75, 3.05) is 6.61 Å². The summed E-state index contributed by atoms with van der Waals surface area (Å²) in [5.41, 5.74) is -0.730. The lowest BCUT2D eigenvalue weighted by molar-refractivity contribution is -0.160. The monoisotopic (exact) mass is 238 g/mol. The Labute approximate surface area is 98.4 Å². The van der Waals surface area contributed by atoms with Crippen molar-refractivity contribution in [2.45, 2.75) is 24.5 Å². The second kappa shape index (κ2) is 3.32. The van der Waals surface area contributed by atoms with Gasteiger partial charge in [-0.1, -0.05) is 6.58 Å². The first kappa shape index (κ1) is 10.8. The van der Waals surface area contributed by atoms with E-state index in [1.165, 1.54) is 0 Å². The zero-order valence-electron chi connectivity index (χ0n) is 9.30. The summed E-state index contributed by atoms with van der Waals surface area (Å²) in [6.45, 7) is 3.65. The highest BCUT2D eigenvalue weighted by Crippen LogP contribution is 2.59. The molecule has 0 aromatic heterocycles. The quantitative estimate of drug-likeness (QED) is 0.542. The van der Waals surface area contributed by atoms with Crippen LogP contribution in [0.15, 0.2) is 12.7 Å². The zero-order chi connectivity index (χ0) is 12.2. The Morgan fingerprint density at radius 2 is 2.35 bits per heavy atom. The van der Waals surface area contributed by atoms with Crippen LogP contribution in [0.5, 0.6) is 0 Å². The van der Waals surface area contributed by atoms with Crippen molar-refractivity contribution < 1.29 is 24.2 Å². The fraction of sp³-hybridized carbons (Fsp3) is 0.667. The van der Waals surface area contributed by atoms with Gasteiger partial charge in [-0.15, -0.1) is 0 Å². The van der Waals surface area contributed by atoms with E-state index in [4.69, 9.17) is 9.47 Å². The molecule has 2 saturated carbocycles. The van der Waals surface area contributed by atoms with E-state index in [-0.39, 0.29) is 30.3 Å². The zero-order valence-corrected chi connectivity index (χ0v) is 9.30. The SMILES string of the molecule is C=CC(=O)OC12CC(O)C(C1)C1C(=O)OCC12. The number of hydrogen-bond donors (Lipinski definition) is 1. The van der Waals surface area contributed by atoms with E-state index in [0.717, 1.165) is 6.08 Å². The van der Waals surface area contributed by atoms with Gasteiger partial charge in [-0.05, 0) is 6.42 Å². The maximum absolute atomic E-state index is 11.6. The lowest BCUT2D eigenvalue weighted by Crippen LogP contribution is -2.44. The molecule has 2 bridgehead atoms. The average Bonchev–Trinajstić information content (AvgIpc) is 2.89. The van der Waals surface area contributed by atoms with Gasteiger partial charge in [0.25, 0.3) is 0 Å². The van der Waals surface area contributed by atoms with Crippen molar-refractivity contribution in [3.63, 3.8) is 0 Å². The average molecular weight is 238 g/mol. The Morgan fingerprint density at radius 1 is 1.59 bits per heavy atom. The van der Waals surface area contributed by atoms with Crippen LogP contribution in [-0.2, 0) is 19.1 Å². The van der Waals surface area contributed by atoms with Crippen LogP contribution in [0.4, 0.5) is 0 Å². The summed E-state index contributed by atoms with van der Waals surface area (Å²) >= 11 is 0. The van der Waals surface area contributed by atoms with Gasteiger partial charge in [-0.2, -0.15) is 0 Å². The largest absolute Gasteiger partial charge is 0.465 e. The summed E-state index contributed by atoms with van der Waals surface area (Å²) in [7, 11) is 0. The topological polar surface area (TPSA) is 72.8 Å². The Bertz CT molecular complexity index is 404. The highest BCUT2D eigenvalue weighted by Gasteiger charge is 2.68. The van der Waals surface area contributed by atoms with E-state index in [0.29, 0.717) is 12.8 Å². The molecule has 1 aliphatic heterocycles. The first-order valence-electron chi connectivity index (χ1n) is 5.77. The molecule has 3 fully saturated rings. The first-order valence-corrected chi connectivity index (χ1v) is 5.77. The van der Waals surface area contributed by atoms with Gasteiger partial charge in [0.2, 0.25) is 0 Å². The maximum Gasteiger partial charge on any atom is 0.330 e. The summed E-state index contributed by atoms with van der Waals surface area (Å²) in [5.74, 6) is -1.32. The molecule has 5 atom stereocenters. The molecule has 1 heterocycles. The first-order chi connectivity index (χ1) is 8.07. The lowest BCUT2D eigenvalue weighted by atomic mass is 9.77. The molecule has 17 heavy (non-hydrogen) atoms. The minimum Gasteiger partial charge on any atom is -0.465 e. The third kappa shape index (κ3) is 1.29. The van der Waals surface area contributed by atoms with Crippen LogP contribution < -0.4 is 0 Å². The van der Waals surface area contributed by atoms with Gasteiger partial charge >= 0.3 is 11.9 Å². The molecule has 0 amide bonds. The summed E-state index contributed by atoms with van der Waals surface area (Å²) in [4.78, 5) is 23.0. The maximum atomic E-state index is 11.6. The third-order valence-electron chi connectivity index (χ3n) is 4.35. The molecule has 0 spiro atoms.